The first-order chi connectivity index (χ1) is 9.28. The van der Waals surface area contributed by atoms with E-state index in [4.69, 9.17) is 16.7 Å². The first-order valence-corrected chi connectivity index (χ1v) is 7.93. The molecule has 1 aromatic rings. The fourth-order valence-corrected chi connectivity index (χ4v) is 3.11. The number of rotatable bonds is 5. The molecule has 21 heavy (non-hydrogen) atoms. The van der Waals surface area contributed by atoms with E-state index < -0.39 is 27.1 Å². The SMILES string of the molecule is CC(C)(O)C(C)(C)NS(=O)(=O)c1ccc(Cl)c(C(=O)O)c1. The minimum Gasteiger partial charge on any atom is -0.478 e. The van der Waals surface area contributed by atoms with E-state index in [9.17, 15) is 18.3 Å². The second-order valence-corrected chi connectivity index (χ2v) is 7.83. The molecule has 0 atom stereocenters. The van der Waals surface area contributed by atoms with E-state index in [0.717, 1.165) is 6.07 Å². The zero-order chi connectivity index (χ0) is 16.6. The molecule has 0 amide bonds. The largest absolute Gasteiger partial charge is 0.478 e. The van der Waals surface area contributed by atoms with Gasteiger partial charge in [-0.3, -0.25) is 0 Å². The van der Waals surface area contributed by atoms with Crippen molar-refractivity contribution >= 4 is 27.6 Å². The van der Waals surface area contributed by atoms with Gasteiger partial charge in [0.05, 0.1) is 26.6 Å². The van der Waals surface area contributed by atoms with E-state index >= 15 is 0 Å². The van der Waals surface area contributed by atoms with Crippen LogP contribution in [-0.4, -0.2) is 35.7 Å². The van der Waals surface area contributed by atoms with Gasteiger partial charge in [-0.15, -0.1) is 0 Å². The fourth-order valence-electron chi connectivity index (χ4n) is 1.36. The lowest BCUT2D eigenvalue weighted by molar-refractivity contribution is 0.00638. The monoisotopic (exact) mass is 335 g/mol. The van der Waals surface area contributed by atoms with Crippen molar-refractivity contribution in [3.8, 4) is 0 Å². The summed E-state index contributed by atoms with van der Waals surface area (Å²) in [5, 5.41) is 18.9. The Morgan fingerprint density at radius 1 is 1.24 bits per heavy atom. The minimum atomic E-state index is -4.01. The number of halogens is 1. The van der Waals surface area contributed by atoms with Gasteiger partial charge >= 0.3 is 5.97 Å². The maximum atomic E-state index is 12.3. The van der Waals surface area contributed by atoms with Gasteiger partial charge in [0, 0.05) is 0 Å². The summed E-state index contributed by atoms with van der Waals surface area (Å²) in [7, 11) is -4.01. The zero-order valence-corrected chi connectivity index (χ0v) is 13.7. The van der Waals surface area contributed by atoms with Crippen LogP contribution in [0.1, 0.15) is 38.1 Å². The molecule has 0 heterocycles. The number of aromatic carboxylic acids is 1. The Morgan fingerprint density at radius 2 is 1.76 bits per heavy atom. The van der Waals surface area contributed by atoms with E-state index in [1.54, 1.807) is 0 Å². The standard InChI is InChI=1S/C13H18ClNO5S/c1-12(2,13(3,4)18)15-21(19,20)8-5-6-10(14)9(7-8)11(16)17/h5-7,15,18H,1-4H3,(H,16,17). The predicted molar refractivity (Wildman–Crippen MR) is 79.1 cm³/mol. The molecular formula is C13H18ClNO5S. The number of carboxylic acids is 1. The second kappa shape index (κ2) is 5.57. The predicted octanol–water partition coefficient (Wildman–Crippen LogP) is 1.87. The Labute approximate surface area is 128 Å². The van der Waals surface area contributed by atoms with Gasteiger partial charge in [-0.05, 0) is 45.9 Å². The summed E-state index contributed by atoms with van der Waals surface area (Å²) in [5.74, 6) is -1.32. The van der Waals surface area contributed by atoms with E-state index in [-0.39, 0.29) is 15.5 Å². The lowest BCUT2D eigenvalue weighted by Crippen LogP contribution is -2.57. The van der Waals surface area contributed by atoms with Gasteiger partial charge in [-0.2, -0.15) is 0 Å². The quantitative estimate of drug-likeness (QED) is 0.762. The molecule has 1 aromatic carbocycles. The van der Waals surface area contributed by atoms with Gasteiger partial charge in [0.25, 0.3) is 0 Å². The highest BCUT2D eigenvalue weighted by molar-refractivity contribution is 7.89. The molecule has 0 bridgehead atoms. The van der Waals surface area contributed by atoms with Crippen LogP contribution in [0.25, 0.3) is 0 Å². The van der Waals surface area contributed by atoms with Gasteiger partial charge in [0.2, 0.25) is 10.0 Å². The Kier molecular flexibility index (Phi) is 4.74. The number of benzene rings is 1. The van der Waals surface area contributed by atoms with Crippen molar-refractivity contribution in [3.63, 3.8) is 0 Å². The van der Waals surface area contributed by atoms with Crippen molar-refractivity contribution in [3.05, 3.63) is 28.8 Å². The lowest BCUT2D eigenvalue weighted by atomic mass is 9.87. The van der Waals surface area contributed by atoms with Crippen LogP contribution in [0.3, 0.4) is 0 Å². The number of carboxylic acid groups (broad SMARTS) is 1. The van der Waals surface area contributed by atoms with Gasteiger partial charge in [-0.1, -0.05) is 11.6 Å². The number of nitrogens with one attached hydrogen (secondary N) is 1. The Morgan fingerprint density at radius 3 is 2.19 bits per heavy atom. The summed E-state index contributed by atoms with van der Waals surface area (Å²) in [6.45, 7) is 6.00. The molecule has 118 valence electrons. The van der Waals surface area contributed by atoms with Gasteiger partial charge in [-0.25, -0.2) is 17.9 Å². The van der Waals surface area contributed by atoms with Crippen molar-refractivity contribution in [2.45, 2.75) is 43.7 Å². The highest BCUT2D eigenvalue weighted by Gasteiger charge is 2.39. The van der Waals surface area contributed by atoms with Crippen molar-refractivity contribution in [2.75, 3.05) is 0 Å². The average Bonchev–Trinajstić information content (AvgIpc) is 2.25. The van der Waals surface area contributed by atoms with E-state index in [0.29, 0.717) is 0 Å². The van der Waals surface area contributed by atoms with Crippen LogP contribution in [0.5, 0.6) is 0 Å². The van der Waals surface area contributed by atoms with Gasteiger partial charge in [0.1, 0.15) is 0 Å². The van der Waals surface area contributed by atoms with E-state index in [1.807, 2.05) is 0 Å². The van der Waals surface area contributed by atoms with E-state index in [2.05, 4.69) is 4.72 Å². The van der Waals surface area contributed by atoms with Crippen molar-refractivity contribution in [1.29, 1.82) is 0 Å². The second-order valence-electron chi connectivity index (χ2n) is 5.74. The maximum absolute atomic E-state index is 12.3. The molecule has 0 unspecified atom stereocenters. The molecule has 0 fully saturated rings. The smallest absolute Gasteiger partial charge is 0.337 e. The van der Waals surface area contributed by atoms with Crippen molar-refractivity contribution in [2.24, 2.45) is 0 Å². The molecule has 0 spiro atoms. The first kappa shape index (κ1) is 17.9. The molecule has 0 saturated carbocycles. The molecule has 0 aliphatic heterocycles. The molecule has 0 saturated heterocycles. The Balaban J connectivity index is 3.27. The van der Waals surface area contributed by atoms with Crippen LogP contribution in [0.15, 0.2) is 23.1 Å². The Hall–Kier alpha value is -1.15. The molecule has 0 aliphatic rings. The third-order valence-corrected chi connectivity index (χ3v) is 5.38. The molecule has 8 heteroatoms. The van der Waals surface area contributed by atoms with Crippen LogP contribution in [0.2, 0.25) is 5.02 Å². The highest BCUT2D eigenvalue weighted by Crippen LogP contribution is 2.25. The summed E-state index contributed by atoms with van der Waals surface area (Å²) in [6.07, 6.45) is 0. The molecule has 6 nitrogen and oxygen atoms in total. The third-order valence-electron chi connectivity index (χ3n) is 3.40. The summed E-state index contributed by atoms with van der Waals surface area (Å²) >= 11 is 5.71. The van der Waals surface area contributed by atoms with Gasteiger partial charge in [0.15, 0.2) is 0 Å². The number of hydrogen-bond acceptors (Lipinski definition) is 4. The number of sulfonamides is 1. The van der Waals surface area contributed by atoms with E-state index in [1.165, 1.54) is 39.8 Å². The first-order valence-electron chi connectivity index (χ1n) is 6.07. The fraction of sp³-hybridized carbons (Fsp3) is 0.462. The molecular weight excluding hydrogens is 318 g/mol. The molecule has 1 rings (SSSR count). The maximum Gasteiger partial charge on any atom is 0.337 e. The number of aliphatic hydroxyl groups is 1. The average molecular weight is 336 g/mol. The minimum absolute atomic E-state index is 0.0526. The normalized spacial score (nSPS) is 13.2. The number of carbonyl (C=O) groups is 1. The van der Waals surface area contributed by atoms with Crippen LogP contribution in [0.4, 0.5) is 0 Å². The molecule has 0 radical (unpaired) electrons. The van der Waals surface area contributed by atoms with Crippen LogP contribution >= 0.6 is 11.6 Å². The summed E-state index contributed by atoms with van der Waals surface area (Å²) in [4.78, 5) is 10.8. The third kappa shape index (κ3) is 3.94. The topological polar surface area (TPSA) is 104 Å². The molecule has 0 aromatic heterocycles. The summed E-state index contributed by atoms with van der Waals surface area (Å²) < 4.78 is 27.0. The van der Waals surface area contributed by atoms with Gasteiger partial charge < -0.3 is 10.2 Å². The molecule has 3 N–H and O–H groups in total. The summed E-state index contributed by atoms with van der Waals surface area (Å²) in [5.41, 5.74) is -2.78. The molecule has 0 aliphatic carbocycles. The van der Waals surface area contributed by atoms with Crippen molar-refractivity contribution < 1.29 is 23.4 Å². The van der Waals surface area contributed by atoms with Crippen molar-refractivity contribution in [1.82, 2.24) is 4.72 Å². The number of hydrogen-bond donors (Lipinski definition) is 3. The highest BCUT2D eigenvalue weighted by atomic mass is 35.5. The van der Waals surface area contributed by atoms with Crippen LogP contribution in [-0.2, 0) is 10.0 Å². The van der Waals surface area contributed by atoms with Crippen LogP contribution in [0, 0.1) is 0 Å². The summed E-state index contributed by atoms with van der Waals surface area (Å²) in [6, 6.07) is 3.39. The lowest BCUT2D eigenvalue weighted by Gasteiger charge is -2.37. The zero-order valence-electron chi connectivity index (χ0n) is 12.1. The Bertz CT molecular complexity index is 662. The van der Waals surface area contributed by atoms with Crippen LogP contribution < -0.4 is 4.72 Å².